The van der Waals surface area contributed by atoms with E-state index in [-0.39, 0.29) is 0 Å². The summed E-state index contributed by atoms with van der Waals surface area (Å²) in [7, 11) is 1.91. The quantitative estimate of drug-likeness (QED) is 0.836. The van der Waals surface area contributed by atoms with Crippen molar-refractivity contribution in [3.8, 4) is 11.6 Å². The van der Waals surface area contributed by atoms with Gasteiger partial charge in [-0.3, -0.25) is 0 Å². The van der Waals surface area contributed by atoms with Crippen LogP contribution in [0.2, 0.25) is 0 Å². The Morgan fingerprint density at radius 1 is 1.22 bits per heavy atom. The first kappa shape index (κ1) is 12.9. The maximum absolute atomic E-state index is 5.80. The molecule has 0 bridgehead atoms. The molecule has 0 aliphatic rings. The molecule has 2 rings (SSSR count). The smallest absolute Gasteiger partial charge is 0.223 e. The summed E-state index contributed by atoms with van der Waals surface area (Å²) in [5.74, 6) is 1.47. The first-order chi connectivity index (χ1) is 8.83. The molecular weight excluding hydrogens is 244 g/mol. The van der Waals surface area contributed by atoms with Crippen molar-refractivity contribution in [2.75, 3.05) is 13.3 Å². The van der Waals surface area contributed by atoms with Crippen molar-refractivity contribution < 1.29 is 4.74 Å². The number of nitrogens with zero attached hydrogens (tertiary/aromatic N) is 1. The zero-order chi connectivity index (χ0) is 12.8. The van der Waals surface area contributed by atoms with Gasteiger partial charge in [0.15, 0.2) is 0 Å². The number of aromatic nitrogens is 1. The minimum atomic E-state index is 0.656. The van der Waals surface area contributed by atoms with Gasteiger partial charge < -0.3 is 10.1 Å². The third-order valence-corrected chi connectivity index (χ3v) is 3.23. The lowest BCUT2D eigenvalue weighted by Crippen LogP contribution is -2.07. The molecule has 0 amide bonds. The molecule has 94 valence electrons. The highest BCUT2D eigenvalue weighted by atomic mass is 32.2. The molecule has 0 radical (unpaired) electrons. The van der Waals surface area contributed by atoms with Gasteiger partial charge in [0.2, 0.25) is 5.88 Å². The van der Waals surface area contributed by atoms with Gasteiger partial charge >= 0.3 is 0 Å². The molecular formula is C14H16N2OS. The maximum Gasteiger partial charge on any atom is 0.223 e. The molecule has 1 aromatic carbocycles. The van der Waals surface area contributed by atoms with Crippen LogP contribution >= 0.6 is 11.8 Å². The van der Waals surface area contributed by atoms with E-state index >= 15 is 0 Å². The topological polar surface area (TPSA) is 34.2 Å². The minimum absolute atomic E-state index is 0.656. The van der Waals surface area contributed by atoms with Crippen LogP contribution < -0.4 is 10.1 Å². The first-order valence-corrected chi connectivity index (χ1v) is 6.96. The van der Waals surface area contributed by atoms with E-state index in [0.717, 1.165) is 17.9 Å². The fraction of sp³-hybridized carbons (Fsp3) is 0.214. The number of hydrogen-bond acceptors (Lipinski definition) is 4. The summed E-state index contributed by atoms with van der Waals surface area (Å²) < 4.78 is 5.80. The van der Waals surface area contributed by atoms with Gasteiger partial charge in [-0.1, -0.05) is 6.07 Å². The highest BCUT2D eigenvalue weighted by Gasteiger charge is 2.05. The molecule has 0 saturated carbocycles. The van der Waals surface area contributed by atoms with Gasteiger partial charge in [-0.15, -0.1) is 11.8 Å². The Morgan fingerprint density at radius 2 is 2.00 bits per heavy atom. The summed E-state index contributed by atoms with van der Waals surface area (Å²) in [6, 6.07) is 11.9. The van der Waals surface area contributed by atoms with Gasteiger partial charge in [0.05, 0.1) is 0 Å². The summed E-state index contributed by atoms with van der Waals surface area (Å²) in [5.41, 5.74) is 1.05. The lowest BCUT2D eigenvalue weighted by atomic mass is 10.2. The molecule has 4 heteroatoms. The van der Waals surface area contributed by atoms with Crippen molar-refractivity contribution in [1.82, 2.24) is 10.3 Å². The molecule has 0 saturated heterocycles. The van der Waals surface area contributed by atoms with E-state index in [0.29, 0.717) is 5.88 Å². The Bertz CT molecular complexity index is 499. The van der Waals surface area contributed by atoms with E-state index < -0.39 is 0 Å². The van der Waals surface area contributed by atoms with Crippen LogP contribution in [-0.4, -0.2) is 18.3 Å². The number of hydrogen-bond donors (Lipinski definition) is 1. The van der Waals surface area contributed by atoms with Crippen molar-refractivity contribution in [3.63, 3.8) is 0 Å². The van der Waals surface area contributed by atoms with Crippen molar-refractivity contribution in [2.45, 2.75) is 11.4 Å². The van der Waals surface area contributed by atoms with E-state index in [1.807, 2.05) is 43.4 Å². The van der Waals surface area contributed by atoms with E-state index in [4.69, 9.17) is 4.74 Å². The van der Waals surface area contributed by atoms with Crippen LogP contribution in [0.4, 0.5) is 0 Å². The number of rotatable bonds is 5. The van der Waals surface area contributed by atoms with Crippen LogP contribution in [0.5, 0.6) is 11.6 Å². The monoisotopic (exact) mass is 260 g/mol. The molecule has 0 aliphatic heterocycles. The lowest BCUT2D eigenvalue weighted by molar-refractivity contribution is 0.454. The molecule has 0 aliphatic carbocycles. The Hall–Kier alpha value is -1.52. The van der Waals surface area contributed by atoms with Gasteiger partial charge in [0.25, 0.3) is 0 Å². The van der Waals surface area contributed by atoms with Gasteiger partial charge in [-0.25, -0.2) is 4.98 Å². The number of ether oxygens (including phenoxy) is 1. The summed E-state index contributed by atoms with van der Waals surface area (Å²) in [4.78, 5) is 5.49. The minimum Gasteiger partial charge on any atom is -0.439 e. The average Bonchev–Trinajstić information content (AvgIpc) is 2.42. The molecule has 0 atom stereocenters. The summed E-state index contributed by atoms with van der Waals surface area (Å²) in [6.45, 7) is 0.742. The van der Waals surface area contributed by atoms with Gasteiger partial charge in [-0.05, 0) is 43.6 Å². The van der Waals surface area contributed by atoms with Crippen LogP contribution in [0.1, 0.15) is 5.56 Å². The average molecular weight is 260 g/mol. The molecule has 1 heterocycles. The van der Waals surface area contributed by atoms with Gasteiger partial charge in [-0.2, -0.15) is 0 Å². The van der Waals surface area contributed by atoms with Crippen LogP contribution in [-0.2, 0) is 6.54 Å². The van der Waals surface area contributed by atoms with Crippen LogP contribution in [0.25, 0.3) is 0 Å². The fourth-order valence-electron chi connectivity index (χ4n) is 1.60. The van der Waals surface area contributed by atoms with Crippen LogP contribution in [0, 0.1) is 0 Å². The Labute approximate surface area is 112 Å². The summed E-state index contributed by atoms with van der Waals surface area (Å²) in [5, 5.41) is 3.11. The first-order valence-electron chi connectivity index (χ1n) is 5.74. The molecule has 1 N–H and O–H groups in total. The fourth-order valence-corrected chi connectivity index (χ4v) is 2.00. The summed E-state index contributed by atoms with van der Waals surface area (Å²) in [6.07, 6.45) is 3.80. The third-order valence-electron chi connectivity index (χ3n) is 2.49. The summed E-state index contributed by atoms with van der Waals surface area (Å²) >= 11 is 1.71. The highest BCUT2D eigenvalue weighted by Crippen LogP contribution is 2.25. The molecule has 0 fully saturated rings. The maximum atomic E-state index is 5.80. The van der Waals surface area contributed by atoms with Crippen molar-refractivity contribution in [3.05, 3.63) is 48.2 Å². The number of benzene rings is 1. The molecule has 2 aromatic rings. The zero-order valence-electron chi connectivity index (χ0n) is 10.5. The predicted octanol–water partition coefficient (Wildman–Crippen LogP) is 3.32. The lowest BCUT2D eigenvalue weighted by Gasteiger charge is -2.09. The van der Waals surface area contributed by atoms with E-state index in [2.05, 4.69) is 16.6 Å². The van der Waals surface area contributed by atoms with Crippen LogP contribution in [0.15, 0.2) is 47.5 Å². The molecule has 3 nitrogen and oxygen atoms in total. The third kappa shape index (κ3) is 3.24. The molecule has 0 unspecified atom stereocenters. The molecule has 0 spiro atoms. The van der Waals surface area contributed by atoms with Crippen molar-refractivity contribution in [2.24, 2.45) is 0 Å². The highest BCUT2D eigenvalue weighted by molar-refractivity contribution is 7.98. The number of nitrogens with one attached hydrogen (secondary N) is 1. The van der Waals surface area contributed by atoms with Crippen molar-refractivity contribution in [1.29, 1.82) is 0 Å². The number of pyridine rings is 1. The second-order valence-corrected chi connectivity index (χ2v) is 4.66. The SMILES string of the molecule is CNCc1cccnc1Oc1ccc(SC)cc1. The normalized spacial score (nSPS) is 10.3. The van der Waals surface area contributed by atoms with Crippen LogP contribution in [0.3, 0.4) is 0 Å². The Balaban J connectivity index is 2.17. The zero-order valence-corrected chi connectivity index (χ0v) is 11.3. The van der Waals surface area contributed by atoms with Gasteiger partial charge in [0, 0.05) is 23.2 Å². The largest absolute Gasteiger partial charge is 0.439 e. The standard InChI is InChI=1S/C14H16N2OS/c1-15-10-11-4-3-9-16-14(11)17-12-5-7-13(18-2)8-6-12/h3-9,15H,10H2,1-2H3. The van der Waals surface area contributed by atoms with E-state index in [9.17, 15) is 0 Å². The Kier molecular flexibility index (Phi) is 4.61. The molecule has 1 aromatic heterocycles. The second-order valence-electron chi connectivity index (χ2n) is 3.78. The van der Waals surface area contributed by atoms with Crippen molar-refractivity contribution >= 4 is 11.8 Å². The predicted molar refractivity (Wildman–Crippen MR) is 75.3 cm³/mol. The second kappa shape index (κ2) is 6.42. The molecule has 18 heavy (non-hydrogen) atoms. The van der Waals surface area contributed by atoms with Gasteiger partial charge in [0.1, 0.15) is 5.75 Å². The van der Waals surface area contributed by atoms with E-state index in [1.54, 1.807) is 18.0 Å². The Morgan fingerprint density at radius 3 is 2.67 bits per heavy atom. The van der Waals surface area contributed by atoms with E-state index in [1.165, 1.54) is 4.90 Å². The number of thioether (sulfide) groups is 1.